The van der Waals surface area contributed by atoms with Gasteiger partial charge in [0, 0.05) is 73.6 Å². The lowest BCUT2D eigenvalue weighted by atomic mass is 9.88. The molecule has 5 amide bonds. The lowest BCUT2D eigenvalue weighted by molar-refractivity contribution is -0.144. The number of rotatable bonds is 48. The number of phenols is 1. The van der Waals surface area contributed by atoms with E-state index in [4.69, 9.17) is 34.4 Å². The van der Waals surface area contributed by atoms with Gasteiger partial charge in [-0.15, -0.1) is 0 Å². The van der Waals surface area contributed by atoms with Gasteiger partial charge in [-0.3, -0.25) is 52.9 Å². The largest absolute Gasteiger partial charge is 0.508 e. The molecule has 0 unspecified atom stereocenters. The van der Waals surface area contributed by atoms with Crippen molar-refractivity contribution in [2.24, 2.45) is 74.9 Å². The number of hydrogen-bond donors (Lipinski definition) is 13. The summed E-state index contributed by atoms with van der Waals surface area (Å²) < 4.78 is 0. The number of aromatic amines is 1. The average molecular weight is 1390 g/mol. The Balaban J connectivity index is 1.42. The third-order valence-corrected chi connectivity index (χ3v) is 19.3. The number of nitrogens with zero attached hydrogens (tertiary/aromatic N) is 2. The van der Waals surface area contributed by atoms with Crippen LogP contribution in [0.1, 0.15) is 147 Å². The van der Waals surface area contributed by atoms with Crippen LogP contribution in [-0.2, 0) is 67.2 Å². The first-order chi connectivity index (χ1) is 47.4. The van der Waals surface area contributed by atoms with Gasteiger partial charge in [-0.25, -0.2) is 0 Å². The second-order valence-electron chi connectivity index (χ2n) is 26.8. The molecule has 26 heteroatoms. The standard InChI is InChI=1S/C73H109N13O12S/c1-45(2)65(69(94)83-59(30-36-99-4)63(90)42-51(39-53-44-81-57-23-9-8-21-55(53)57)68(93)82-58(24-12-15-33-76)62(89)41-50(72(97)98)19-10-13-31-74)85-70(95)66-46(3)29-35-86(66)71(96)52(37-48-25-27-54(87)28-26-48)43-64(91)60(38-47-17-6-5-7-18-47)84-67(92)49(20-16-34-80-73(78)79)40-61(88)56(77)22-11-14-32-75/h5-9,17-18,21,23,25-28,44-46,49-52,56,58-60,65-66,81,87H,10-16,19-20,22,24,29-43,74-77H2,1-4H3,(H,82,93)(H,83,94)(H,84,92)(H,85,95)(H,97,98)(H4,78,79,80)/t46-,49-,50+,51-,52-,56-,58+,59+,60+,65+,66+/m1/s1. The number of Topliss-reactive ketones (excluding diaryl/α,β-unsaturated/α-hetero) is 4. The van der Waals surface area contributed by atoms with Gasteiger partial charge in [-0.2, -0.15) is 11.8 Å². The number of carboxylic acid groups (broad SMARTS) is 1. The van der Waals surface area contributed by atoms with Crippen molar-refractivity contribution in [1.82, 2.24) is 31.2 Å². The van der Waals surface area contributed by atoms with E-state index in [-0.39, 0.29) is 94.8 Å². The van der Waals surface area contributed by atoms with Crippen LogP contribution in [0.3, 0.4) is 0 Å². The van der Waals surface area contributed by atoms with Crippen molar-refractivity contribution >= 4 is 87.3 Å². The van der Waals surface area contributed by atoms with Crippen LogP contribution in [0.25, 0.3) is 10.9 Å². The molecule has 1 aliphatic heterocycles. The maximum atomic E-state index is 15.4. The minimum atomic E-state index is -1.24. The fraction of sp³-hybridized carbons (Fsp3) is 0.575. The zero-order valence-electron chi connectivity index (χ0n) is 58.1. The molecule has 5 rings (SSSR count). The maximum Gasteiger partial charge on any atom is 0.306 e. The summed E-state index contributed by atoms with van der Waals surface area (Å²) in [4.78, 5) is 153. The normalized spacial score (nSPS) is 16.5. The summed E-state index contributed by atoms with van der Waals surface area (Å²) in [5.74, 6) is -10.8. The van der Waals surface area contributed by atoms with E-state index in [9.17, 15) is 43.8 Å². The Morgan fingerprint density at radius 3 is 1.79 bits per heavy atom. The predicted octanol–water partition coefficient (Wildman–Crippen LogP) is 4.64. The van der Waals surface area contributed by atoms with E-state index in [1.807, 2.05) is 43.5 Å². The number of hydrogen-bond acceptors (Lipinski definition) is 17. The van der Waals surface area contributed by atoms with E-state index in [0.717, 1.165) is 16.5 Å². The second-order valence-corrected chi connectivity index (χ2v) is 27.8. The average Bonchev–Trinajstić information content (AvgIpc) is 1.74. The number of phenolic OH excluding ortho intramolecular Hbond substituents is 1. The van der Waals surface area contributed by atoms with Crippen molar-refractivity contribution in [3.8, 4) is 5.75 Å². The van der Waals surface area contributed by atoms with Crippen LogP contribution < -0.4 is 55.7 Å². The van der Waals surface area contributed by atoms with E-state index < -0.39 is 131 Å². The van der Waals surface area contributed by atoms with E-state index in [0.29, 0.717) is 94.3 Å². The van der Waals surface area contributed by atoms with Crippen molar-refractivity contribution in [3.05, 3.63) is 102 Å². The number of aromatic nitrogens is 1. The van der Waals surface area contributed by atoms with Gasteiger partial charge in [0.15, 0.2) is 23.3 Å². The smallest absolute Gasteiger partial charge is 0.306 e. The number of aliphatic carboxylic acids is 1. The molecule has 2 heterocycles. The fourth-order valence-corrected chi connectivity index (χ4v) is 13.3. The number of carbonyl (C=O) groups is 10. The van der Waals surface area contributed by atoms with Gasteiger partial charge in [-0.1, -0.05) is 94.3 Å². The molecular formula is C73H109N13O12S. The Hall–Kier alpha value is -8.04. The summed E-state index contributed by atoms with van der Waals surface area (Å²) >= 11 is 1.44. The number of benzene rings is 3. The summed E-state index contributed by atoms with van der Waals surface area (Å²) in [7, 11) is 0. The summed E-state index contributed by atoms with van der Waals surface area (Å²) in [6.45, 7) is 6.69. The molecule has 544 valence electrons. The highest BCUT2D eigenvalue weighted by atomic mass is 32.2. The first kappa shape index (κ1) is 81.6. The highest BCUT2D eigenvalue weighted by Crippen LogP contribution is 2.31. The molecule has 1 fully saturated rings. The molecule has 1 saturated heterocycles. The number of fused-ring (bicyclic) bond motifs is 1. The molecule has 0 bridgehead atoms. The van der Waals surface area contributed by atoms with E-state index >= 15 is 14.4 Å². The van der Waals surface area contributed by atoms with Crippen LogP contribution >= 0.6 is 11.8 Å². The maximum absolute atomic E-state index is 15.4. The van der Waals surface area contributed by atoms with Gasteiger partial charge < -0.3 is 75.8 Å². The molecule has 0 spiro atoms. The Kier molecular flexibility index (Phi) is 35.3. The molecule has 4 aromatic rings. The van der Waals surface area contributed by atoms with Crippen LogP contribution in [0.5, 0.6) is 5.75 Å². The number of carbonyl (C=O) groups excluding carboxylic acids is 9. The highest BCUT2D eigenvalue weighted by Gasteiger charge is 2.44. The zero-order chi connectivity index (χ0) is 72.6. The molecule has 0 aliphatic carbocycles. The first-order valence-corrected chi connectivity index (χ1v) is 36.4. The third kappa shape index (κ3) is 26.9. The molecule has 99 heavy (non-hydrogen) atoms. The second kappa shape index (κ2) is 42.8. The molecule has 0 radical (unpaired) electrons. The third-order valence-electron chi connectivity index (χ3n) is 18.6. The quantitative estimate of drug-likeness (QED) is 0.0163. The Bertz CT molecular complexity index is 3290. The van der Waals surface area contributed by atoms with Crippen LogP contribution in [-0.4, -0.2) is 166 Å². The molecule has 25 nitrogen and oxygen atoms in total. The van der Waals surface area contributed by atoms with Gasteiger partial charge in [0.05, 0.1) is 30.1 Å². The lowest BCUT2D eigenvalue weighted by Crippen LogP contribution is -2.58. The van der Waals surface area contributed by atoms with Gasteiger partial charge in [0.1, 0.15) is 23.6 Å². The van der Waals surface area contributed by atoms with E-state index in [1.165, 1.54) is 28.8 Å². The number of unbranched alkanes of at least 4 members (excludes halogenated alkanes) is 3. The predicted molar refractivity (Wildman–Crippen MR) is 385 cm³/mol. The monoisotopic (exact) mass is 1390 g/mol. The van der Waals surface area contributed by atoms with Gasteiger partial charge in [0.2, 0.25) is 29.5 Å². The van der Waals surface area contributed by atoms with Crippen molar-refractivity contribution in [1.29, 1.82) is 0 Å². The minimum absolute atomic E-state index is 0.0104. The number of aliphatic imine (C=N–C) groups is 1. The number of guanidine groups is 1. The minimum Gasteiger partial charge on any atom is -0.508 e. The number of amides is 5. The van der Waals surface area contributed by atoms with Crippen LogP contribution in [0.2, 0.25) is 0 Å². The molecule has 19 N–H and O–H groups in total. The van der Waals surface area contributed by atoms with Crippen LogP contribution in [0.4, 0.5) is 0 Å². The molecule has 1 aromatic heterocycles. The SMILES string of the molecule is CSCC[C@H](NC(=O)[C@@H](NC(=O)[C@@H]1[C@H](C)CCN1C(=O)[C@@H](CC(=O)[C@H](Cc1ccccc1)NC(=O)[C@H](CCCN=C(N)N)CC(=O)[C@H](N)CCCCN)Cc1ccc(O)cc1)C(C)C)C(=O)C[C@@H](Cc1c[nH]c2ccccc12)C(=O)N[C@@H](CCCCN)C(=O)C[C@H](CCCCN)C(=O)O. The number of carboxylic acids is 1. The molecular weight excluding hydrogens is 1280 g/mol. The number of thioether (sulfide) groups is 1. The molecule has 0 saturated carbocycles. The number of ketones is 4. The van der Waals surface area contributed by atoms with Crippen LogP contribution in [0.15, 0.2) is 90.1 Å². The summed E-state index contributed by atoms with van der Waals surface area (Å²) in [5.41, 5.74) is 37.5. The Morgan fingerprint density at radius 2 is 1.15 bits per heavy atom. The summed E-state index contributed by atoms with van der Waals surface area (Å²) in [6, 6.07) is 16.0. The number of para-hydroxylation sites is 1. The number of nitrogens with one attached hydrogen (secondary N) is 5. The lowest BCUT2D eigenvalue weighted by Gasteiger charge is -2.32. The number of nitrogens with two attached hydrogens (primary N) is 6. The highest BCUT2D eigenvalue weighted by molar-refractivity contribution is 7.98. The van der Waals surface area contributed by atoms with Crippen molar-refractivity contribution in [2.75, 3.05) is 44.7 Å². The van der Waals surface area contributed by atoms with Crippen molar-refractivity contribution in [2.45, 2.75) is 185 Å². The molecule has 11 atom stereocenters. The molecule has 3 aromatic carbocycles. The van der Waals surface area contributed by atoms with E-state index in [1.54, 1.807) is 56.4 Å². The summed E-state index contributed by atoms with van der Waals surface area (Å²) in [5, 5.41) is 32.9. The fourth-order valence-electron chi connectivity index (χ4n) is 12.8. The van der Waals surface area contributed by atoms with Crippen LogP contribution in [0, 0.1) is 35.5 Å². The molecule has 1 aliphatic rings. The number of likely N-dealkylation sites (tertiary alicyclic amines) is 1. The van der Waals surface area contributed by atoms with E-state index in [2.05, 4.69) is 31.2 Å². The summed E-state index contributed by atoms with van der Waals surface area (Å²) in [6.07, 6.45) is 7.57. The van der Waals surface area contributed by atoms with Crippen molar-refractivity contribution in [3.63, 3.8) is 0 Å². The van der Waals surface area contributed by atoms with Gasteiger partial charge in [0.25, 0.3) is 0 Å². The topological polar surface area (TPSA) is 447 Å². The van der Waals surface area contributed by atoms with Gasteiger partial charge >= 0.3 is 5.97 Å². The zero-order valence-corrected chi connectivity index (χ0v) is 59.0. The first-order valence-electron chi connectivity index (χ1n) is 35.0. The van der Waals surface area contributed by atoms with Gasteiger partial charge in [-0.05, 0) is 168 Å². The number of H-pyrrole nitrogens is 1. The number of aromatic hydroxyl groups is 1. The Morgan fingerprint density at radius 1 is 0.606 bits per heavy atom. The van der Waals surface area contributed by atoms with Crippen molar-refractivity contribution < 1.29 is 58.2 Å². The Labute approximate surface area is 586 Å².